The SMILES string of the molecule is [CH2-]C1=CCCCC1.[Zn+][Br]. The van der Waals surface area contributed by atoms with Crippen LogP contribution in [-0.2, 0) is 16.3 Å². The Labute approximate surface area is 74.1 Å². The third-order valence-corrected chi connectivity index (χ3v) is 1.39. The molecule has 0 unspecified atom stereocenters. The Morgan fingerprint density at radius 2 is 2.11 bits per heavy atom. The zero-order valence-electron chi connectivity index (χ0n) is 5.70. The van der Waals surface area contributed by atoms with Crippen molar-refractivity contribution in [3.8, 4) is 0 Å². The summed E-state index contributed by atoms with van der Waals surface area (Å²) in [5.74, 6) is 0. The van der Waals surface area contributed by atoms with Crippen molar-refractivity contribution in [2.75, 3.05) is 0 Å². The van der Waals surface area contributed by atoms with Crippen molar-refractivity contribution in [3.05, 3.63) is 18.6 Å². The van der Waals surface area contributed by atoms with Gasteiger partial charge in [-0.05, 0) is 0 Å². The van der Waals surface area contributed by atoms with Crippen LogP contribution in [0.3, 0.4) is 0 Å². The Hall–Kier alpha value is 0.713. The van der Waals surface area contributed by atoms with Crippen LogP contribution in [0.4, 0.5) is 0 Å². The Morgan fingerprint density at radius 3 is 2.33 bits per heavy atom. The van der Waals surface area contributed by atoms with Crippen molar-refractivity contribution in [3.63, 3.8) is 0 Å². The van der Waals surface area contributed by atoms with Gasteiger partial charge in [0.05, 0.1) is 0 Å². The predicted molar refractivity (Wildman–Crippen MR) is 40.8 cm³/mol. The monoisotopic (exact) mass is 238 g/mol. The quantitative estimate of drug-likeness (QED) is 0.451. The molecule has 1 aliphatic carbocycles. The normalized spacial score (nSPS) is 17.4. The first-order valence-electron chi connectivity index (χ1n) is 3.17. The molecule has 1 aliphatic rings. The second-order valence-electron chi connectivity index (χ2n) is 2.11. The maximum atomic E-state index is 3.86. The molecule has 0 N–H and O–H groups in total. The molecule has 0 aromatic heterocycles. The van der Waals surface area contributed by atoms with Crippen molar-refractivity contribution >= 4 is 13.6 Å². The van der Waals surface area contributed by atoms with Crippen LogP contribution < -0.4 is 0 Å². The zero-order valence-corrected chi connectivity index (χ0v) is 10.3. The van der Waals surface area contributed by atoms with E-state index in [0.29, 0.717) is 0 Å². The van der Waals surface area contributed by atoms with Crippen LogP contribution in [0.15, 0.2) is 11.6 Å². The van der Waals surface area contributed by atoms with Gasteiger partial charge in [0, 0.05) is 0 Å². The van der Waals surface area contributed by atoms with Gasteiger partial charge in [-0.3, -0.25) is 0 Å². The molecule has 9 heavy (non-hydrogen) atoms. The van der Waals surface area contributed by atoms with Gasteiger partial charge < -0.3 is 0 Å². The Bertz CT molecular complexity index is 88.9. The van der Waals surface area contributed by atoms with Gasteiger partial charge in [-0.25, -0.2) is 18.6 Å². The van der Waals surface area contributed by atoms with Gasteiger partial charge in [-0.1, -0.05) is 19.3 Å². The van der Waals surface area contributed by atoms with Gasteiger partial charge in [-0.15, -0.1) is 6.42 Å². The molecule has 0 spiro atoms. The van der Waals surface area contributed by atoms with Gasteiger partial charge in [0.1, 0.15) is 0 Å². The predicted octanol–water partition coefficient (Wildman–Crippen LogP) is 3.16. The fourth-order valence-corrected chi connectivity index (χ4v) is 0.905. The average molecular weight is 240 g/mol. The second kappa shape index (κ2) is 6.83. The van der Waals surface area contributed by atoms with E-state index in [0.717, 1.165) is 0 Å². The van der Waals surface area contributed by atoms with Crippen LogP contribution in [0.1, 0.15) is 25.7 Å². The van der Waals surface area contributed by atoms with Gasteiger partial charge in [-0.2, -0.15) is 0 Å². The minimum atomic E-state index is 1.19. The fraction of sp³-hybridized carbons (Fsp3) is 0.571. The van der Waals surface area contributed by atoms with Crippen molar-refractivity contribution in [1.82, 2.24) is 0 Å². The van der Waals surface area contributed by atoms with Crippen LogP contribution in [0, 0.1) is 6.92 Å². The third-order valence-electron chi connectivity index (χ3n) is 1.39. The Balaban J connectivity index is 0.000000291. The standard InChI is InChI=1S/C7H11.BrH.Zn/c1-7-5-3-2-4-6-7;;/h5H,1-4,6H2;1H;/q-1;;+2/p-1. The topological polar surface area (TPSA) is 0 Å². The summed E-state index contributed by atoms with van der Waals surface area (Å²) < 4.78 is 0. The molecule has 0 atom stereocenters. The second-order valence-corrected chi connectivity index (χ2v) is 2.11. The molecule has 0 aliphatic heterocycles. The summed E-state index contributed by atoms with van der Waals surface area (Å²) in [6.07, 6.45) is 7.47. The fourth-order valence-electron chi connectivity index (χ4n) is 0.905. The van der Waals surface area contributed by atoms with Crippen LogP contribution in [0.25, 0.3) is 0 Å². The summed E-state index contributed by atoms with van der Waals surface area (Å²) in [4.78, 5) is 0. The van der Waals surface area contributed by atoms with E-state index in [9.17, 15) is 0 Å². The van der Waals surface area contributed by atoms with Crippen molar-refractivity contribution in [1.29, 1.82) is 0 Å². The number of allylic oxidation sites excluding steroid dienone is 2. The molecule has 0 amide bonds. The van der Waals surface area contributed by atoms with Crippen molar-refractivity contribution in [2.45, 2.75) is 25.7 Å². The van der Waals surface area contributed by atoms with Crippen LogP contribution in [-0.4, -0.2) is 0 Å². The molecule has 0 heterocycles. The summed E-state index contributed by atoms with van der Waals surface area (Å²) in [5, 5.41) is 0. The molecule has 0 bridgehead atoms. The summed E-state index contributed by atoms with van der Waals surface area (Å²) in [6.45, 7) is 3.86. The first-order valence-corrected chi connectivity index (χ1v) is 10.1. The Morgan fingerprint density at radius 1 is 1.44 bits per heavy atom. The van der Waals surface area contributed by atoms with Crippen LogP contribution in [0.2, 0.25) is 0 Å². The molecule has 2 heteroatoms. The molecule has 0 saturated carbocycles. The molecule has 0 radical (unpaired) electrons. The molecule has 0 nitrogen and oxygen atoms in total. The minimum absolute atomic E-state index is 1.19. The van der Waals surface area contributed by atoms with Crippen LogP contribution >= 0.6 is 13.6 Å². The van der Waals surface area contributed by atoms with E-state index in [2.05, 4.69) is 26.6 Å². The van der Waals surface area contributed by atoms with E-state index in [1.54, 1.807) is 0 Å². The van der Waals surface area contributed by atoms with E-state index < -0.39 is 0 Å². The van der Waals surface area contributed by atoms with Gasteiger partial charge in [0.25, 0.3) is 0 Å². The van der Waals surface area contributed by atoms with E-state index >= 15 is 0 Å². The zero-order chi connectivity index (χ0) is 7.11. The van der Waals surface area contributed by atoms with E-state index in [-0.39, 0.29) is 0 Å². The average Bonchev–Trinajstić information content (AvgIpc) is 1.94. The Kier molecular flexibility index (Phi) is 7.37. The summed E-state index contributed by atoms with van der Waals surface area (Å²) in [5.41, 5.74) is 1.34. The molecule has 1 rings (SSSR count). The summed E-state index contributed by atoms with van der Waals surface area (Å²) >= 11 is 4.25. The van der Waals surface area contributed by atoms with E-state index in [4.69, 9.17) is 0 Å². The van der Waals surface area contributed by atoms with E-state index in [1.807, 2.05) is 0 Å². The molecule has 0 saturated heterocycles. The first-order chi connectivity index (χ1) is 4.39. The third kappa shape index (κ3) is 5.17. The molecule has 48 valence electrons. The molecule has 0 aromatic carbocycles. The van der Waals surface area contributed by atoms with Gasteiger partial charge >= 0.3 is 30.0 Å². The van der Waals surface area contributed by atoms with Gasteiger partial charge in [0.15, 0.2) is 0 Å². The molecular formula is C7H11BrZn. The molecule has 0 fully saturated rings. The molecular weight excluding hydrogens is 229 g/mol. The number of rotatable bonds is 0. The summed E-state index contributed by atoms with van der Waals surface area (Å²) in [7, 11) is 0. The van der Waals surface area contributed by atoms with Crippen LogP contribution in [0.5, 0.6) is 0 Å². The van der Waals surface area contributed by atoms with Crippen molar-refractivity contribution < 1.29 is 16.3 Å². The summed E-state index contributed by atoms with van der Waals surface area (Å²) in [6, 6.07) is 0. The van der Waals surface area contributed by atoms with E-state index in [1.165, 1.54) is 47.6 Å². The first kappa shape index (κ1) is 9.71. The number of halogens is 1. The number of hydrogen-bond donors (Lipinski definition) is 0. The van der Waals surface area contributed by atoms with Gasteiger partial charge in [0.2, 0.25) is 0 Å². The maximum absolute atomic E-state index is 3.86. The molecule has 0 aromatic rings. The van der Waals surface area contributed by atoms with Crippen molar-refractivity contribution in [2.24, 2.45) is 0 Å². The number of hydrogen-bond acceptors (Lipinski definition) is 0.